The predicted molar refractivity (Wildman–Crippen MR) is 161 cm³/mol. The topological polar surface area (TPSA) is 101 Å². The van der Waals surface area contributed by atoms with Gasteiger partial charge in [0.2, 0.25) is 0 Å². The standard InChI is InChI=1S/C29H30BCl2N7O/c1-28(2)16-40-10-9-24(28)35-26-17(13-33)14-34-27-20(26)11-18(12-23(27)32)36-29(30,21-5-3-4-6-22(21)31)25-15-39(38-37-25)19-7-8-19/h3-6,11-12,14-15,19,24,36H,7-10,16,30H2,1-2H3,(H,34,35). The molecule has 204 valence electrons. The monoisotopic (exact) mass is 573 g/mol. The van der Waals surface area contributed by atoms with Crippen LogP contribution in [0.4, 0.5) is 11.4 Å². The third-order valence-corrected chi connectivity index (χ3v) is 8.70. The SMILES string of the molecule is BC(Nc1cc(Cl)c2ncc(C#N)c(NC3CCOCC3(C)C)c2c1)(c1cn(C2CC2)nn1)c1ccccc1Cl. The first-order valence-corrected chi connectivity index (χ1v) is 14.3. The number of nitrogens with zero attached hydrogens (tertiary/aromatic N) is 5. The molecular formula is C29H30BCl2N7O. The van der Waals surface area contributed by atoms with Crippen LogP contribution in [0.1, 0.15) is 56.0 Å². The first kappa shape index (κ1) is 26.9. The highest BCUT2D eigenvalue weighted by Crippen LogP contribution is 2.41. The van der Waals surface area contributed by atoms with Crippen molar-refractivity contribution in [3.8, 4) is 6.07 Å². The Labute approximate surface area is 244 Å². The summed E-state index contributed by atoms with van der Waals surface area (Å²) >= 11 is 13.6. The largest absolute Gasteiger partial charge is 0.381 e. The summed E-state index contributed by atoms with van der Waals surface area (Å²) in [6.45, 7) is 5.64. The van der Waals surface area contributed by atoms with Gasteiger partial charge in [-0.05, 0) is 43.0 Å². The first-order valence-electron chi connectivity index (χ1n) is 13.5. The number of halogens is 2. The van der Waals surface area contributed by atoms with Crippen LogP contribution in [-0.2, 0) is 10.2 Å². The molecule has 40 heavy (non-hydrogen) atoms. The highest BCUT2D eigenvalue weighted by molar-refractivity contribution is 6.36. The number of nitrogens with one attached hydrogen (secondary N) is 2. The smallest absolute Gasteiger partial charge is 0.148 e. The van der Waals surface area contributed by atoms with Crippen molar-refractivity contribution in [2.45, 2.75) is 50.6 Å². The Kier molecular flexibility index (Phi) is 6.90. The number of anilines is 2. The molecule has 8 nitrogen and oxygen atoms in total. The van der Waals surface area contributed by atoms with Gasteiger partial charge >= 0.3 is 0 Å². The molecule has 2 aliphatic rings. The van der Waals surface area contributed by atoms with Crippen molar-refractivity contribution in [1.29, 1.82) is 5.26 Å². The lowest BCUT2D eigenvalue weighted by Crippen LogP contribution is -2.44. The molecule has 2 aromatic carbocycles. The molecule has 2 aromatic heterocycles. The van der Waals surface area contributed by atoms with Crippen LogP contribution in [0.15, 0.2) is 48.8 Å². The van der Waals surface area contributed by atoms with E-state index in [1.54, 1.807) is 6.20 Å². The van der Waals surface area contributed by atoms with E-state index in [9.17, 15) is 5.26 Å². The fourth-order valence-corrected chi connectivity index (χ4v) is 6.08. The van der Waals surface area contributed by atoms with Crippen LogP contribution in [0.25, 0.3) is 10.9 Å². The van der Waals surface area contributed by atoms with Gasteiger partial charge < -0.3 is 15.4 Å². The Bertz CT molecular complexity index is 1630. The second-order valence-electron chi connectivity index (χ2n) is 11.6. The van der Waals surface area contributed by atoms with E-state index in [4.69, 9.17) is 27.9 Å². The molecule has 4 aromatic rings. The minimum absolute atomic E-state index is 0.111. The van der Waals surface area contributed by atoms with E-state index in [1.807, 2.05) is 55.1 Å². The lowest BCUT2D eigenvalue weighted by atomic mass is 9.69. The number of hydrogen-bond donors (Lipinski definition) is 2. The summed E-state index contributed by atoms with van der Waals surface area (Å²) in [6, 6.07) is 14.4. The maximum atomic E-state index is 10.0. The second kappa shape index (κ2) is 10.3. The average molecular weight is 574 g/mol. The second-order valence-corrected chi connectivity index (χ2v) is 12.4. The van der Waals surface area contributed by atoms with Gasteiger partial charge in [0, 0.05) is 40.4 Å². The van der Waals surface area contributed by atoms with E-state index >= 15 is 0 Å². The van der Waals surface area contributed by atoms with Gasteiger partial charge in [0.05, 0.1) is 46.1 Å². The molecule has 3 heterocycles. The summed E-state index contributed by atoms with van der Waals surface area (Å²) in [7, 11) is 2.04. The zero-order valence-electron chi connectivity index (χ0n) is 22.7. The number of hydrogen-bond acceptors (Lipinski definition) is 7. The zero-order valence-corrected chi connectivity index (χ0v) is 24.2. The average Bonchev–Trinajstić information content (AvgIpc) is 3.65. The van der Waals surface area contributed by atoms with E-state index < -0.39 is 5.44 Å². The summed E-state index contributed by atoms with van der Waals surface area (Å²) in [5.41, 5.74) is 3.22. The van der Waals surface area contributed by atoms with Gasteiger partial charge in [-0.15, -0.1) is 5.10 Å². The Morgan fingerprint density at radius 1 is 1.18 bits per heavy atom. The van der Waals surface area contributed by atoms with E-state index in [0.29, 0.717) is 40.4 Å². The first-order chi connectivity index (χ1) is 19.2. The number of ether oxygens (including phenoxy) is 1. The van der Waals surface area contributed by atoms with Crippen LogP contribution in [0, 0.1) is 16.7 Å². The Morgan fingerprint density at radius 3 is 2.70 bits per heavy atom. The van der Waals surface area contributed by atoms with Crippen molar-refractivity contribution >= 4 is 53.3 Å². The minimum atomic E-state index is -0.820. The highest BCUT2D eigenvalue weighted by atomic mass is 35.5. The molecule has 1 aliphatic carbocycles. The molecule has 2 atom stereocenters. The number of aromatic nitrogens is 4. The Morgan fingerprint density at radius 2 is 1.98 bits per heavy atom. The fourth-order valence-electron chi connectivity index (χ4n) is 5.49. The summed E-state index contributed by atoms with van der Waals surface area (Å²) in [5, 5.41) is 28.2. The Hall–Kier alpha value is -3.32. The van der Waals surface area contributed by atoms with Crippen molar-refractivity contribution in [1.82, 2.24) is 20.0 Å². The molecular weight excluding hydrogens is 544 g/mol. The Balaban J connectivity index is 1.47. The lowest BCUT2D eigenvalue weighted by molar-refractivity contribution is 0.00350. The number of benzene rings is 2. The van der Waals surface area contributed by atoms with Crippen LogP contribution in [-0.4, -0.2) is 47.1 Å². The van der Waals surface area contributed by atoms with Gasteiger partial charge in [0.25, 0.3) is 0 Å². The van der Waals surface area contributed by atoms with Crippen LogP contribution >= 0.6 is 23.2 Å². The maximum absolute atomic E-state index is 10.0. The van der Waals surface area contributed by atoms with E-state index in [2.05, 4.69) is 45.8 Å². The van der Waals surface area contributed by atoms with E-state index in [-0.39, 0.29) is 11.5 Å². The normalized spacial score (nSPS) is 20.0. The van der Waals surface area contributed by atoms with Gasteiger partial charge in [0.15, 0.2) is 0 Å². The third-order valence-electron chi connectivity index (χ3n) is 8.08. The third kappa shape index (κ3) is 4.89. The molecule has 6 rings (SSSR count). The molecule has 0 radical (unpaired) electrons. The number of pyridine rings is 1. The van der Waals surface area contributed by atoms with Crippen molar-refractivity contribution in [2.75, 3.05) is 23.8 Å². The van der Waals surface area contributed by atoms with Crippen LogP contribution < -0.4 is 10.6 Å². The summed E-state index contributed by atoms with van der Waals surface area (Å²) in [4.78, 5) is 4.55. The van der Waals surface area contributed by atoms with E-state index in [1.165, 1.54) is 0 Å². The van der Waals surface area contributed by atoms with Gasteiger partial charge in [-0.25, -0.2) is 4.68 Å². The highest BCUT2D eigenvalue weighted by Gasteiger charge is 2.37. The molecule has 2 fully saturated rings. The summed E-state index contributed by atoms with van der Waals surface area (Å²) in [5.74, 6) is 0. The molecule has 1 aliphatic heterocycles. The summed E-state index contributed by atoms with van der Waals surface area (Å²) in [6.07, 6.45) is 6.61. The minimum Gasteiger partial charge on any atom is -0.381 e. The van der Waals surface area contributed by atoms with Gasteiger partial charge in [-0.3, -0.25) is 4.98 Å². The summed E-state index contributed by atoms with van der Waals surface area (Å²) < 4.78 is 7.66. The number of nitriles is 1. The molecule has 0 amide bonds. The molecule has 0 bridgehead atoms. The van der Waals surface area contributed by atoms with Crippen LogP contribution in [0.5, 0.6) is 0 Å². The number of fused-ring (bicyclic) bond motifs is 1. The zero-order chi connectivity index (χ0) is 28.1. The van der Waals surface area contributed by atoms with E-state index in [0.717, 1.165) is 47.3 Å². The molecule has 2 unspecified atom stereocenters. The number of rotatable bonds is 7. The fraction of sp³-hybridized carbons (Fsp3) is 0.379. The van der Waals surface area contributed by atoms with Crippen molar-refractivity contribution < 1.29 is 4.74 Å². The molecule has 0 spiro atoms. The van der Waals surface area contributed by atoms with Gasteiger partial charge in [-0.1, -0.05) is 60.5 Å². The van der Waals surface area contributed by atoms with Crippen molar-refractivity contribution in [2.24, 2.45) is 5.41 Å². The maximum Gasteiger partial charge on any atom is 0.148 e. The van der Waals surface area contributed by atoms with Crippen molar-refractivity contribution in [3.63, 3.8) is 0 Å². The molecule has 11 heteroatoms. The van der Waals surface area contributed by atoms with Gasteiger partial charge in [-0.2, -0.15) is 5.26 Å². The predicted octanol–water partition coefficient (Wildman–Crippen LogP) is 5.51. The quantitative estimate of drug-likeness (QED) is 0.281. The van der Waals surface area contributed by atoms with Gasteiger partial charge in [0.1, 0.15) is 19.6 Å². The lowest BCUT2D eigenvalue weighted by Gasteiger charge is -2.39. The molecule has 1 saturated heterocycles. The van der Waals surface area contributed by atoms with Crippen LogP contribution in [0.3, 0.4) is 0 Å². The molecule has 1 saturated carbocycles. The van der Waals surface area contributed by atoms with Crippen molar-refractivity contribution in [3.05, 3.63) is 75.7 Å². The van der Waals surface area contributed by atoms with Crippen LogP contribution in [0.2, 0.25) is 10.0 Å². The molecule has 2 N–H and O–H groups in total.